The van der Waals surface area contributed by atoms with Crippen LogP contribution < -0.4 is 0 Å². The number of rotatable bonds is 85. The molecule has 0 aliphatic heterocycles. The fourth-order valence-electron chi connectivity index (χ4n) is 13.2. The first-order chi connectivity index (χ1) is 50.2. The lowest BCUT2D eigenvalue weighted by molar-refractivity contribution is -0.161. The Bertz CT molecular complexity index is 1950. The first-order valence-electron chi connectivity index (χ1n) is 43.8. The Hall–Kier alpha value is -1.94. The van der Waals surface area contributed by atoms with Crippen LogP contribution in [0, 0.1) is 0 Å². The van der Waals surface area contributed by atoms with Crippen LogP contribution in [-0.4, -0.2) is 96.7 Å². The maximum Gasteiger partial charge on any atom is 0.472 e. The van der Waals surface area contributed by atoms with Crippen LogP contribution >= 0.6 is 15.6 Å². The largest absolute Gasteiger partial charge is 0.472 e. The molecule has 0 saturated heterocycles. The monoisotopic (exact) mass is 1510 g/mol. The van der Waals surface area contributed by atoms with E-state index in [2.05, 4.69) is 27.7 Å². The predicted molar refractivity (Wildman–Crippen MR) is 423 cm³/mol. The third-order valence-corrected chi connectivity index (χ3v) is 21.8. The van der Waals surface area contributed by atoms with E-state index in [9.17, 15) is 43.2 Å². The molecule has 612 valence electrons. The molecule has 19 heteroatoms. The van der Waals surface area contributed by atoms with E-state index < -0.39 is 97.5 Å². The standard InChI is InChI=1S/C84H164O17P2/c1-5-9-13-17-21-25-29-33-36-38-40-42-46-49-53-57-61-65-69-82(87)95-75-80(101-84(89)71-67-63-59-55-51-47-43-41-39-37-34-30-26-22-18-14-10-6-2)77-99-103(92,93)97-73-78(85)72-96-102(90,91)98-76-79(74-94-81(86)68-64-60-56-52-48-44-32-28-24-20-16-12-8-4)100-83(88)70-66-62-58-54-50-45-35-31-27-23-19-15-11-7-3/h78-80,85H,5-77H2,1-4H3,(H,90,91)(H,92,93)/t78-,79+,80+/m0/s1. The first kappa shape index (κ1) is 101. The Morgan fingerprint density at radius 2 is 0.388 bits per heavy atom. The number of unbranched alkanes of at least 4 members (excludes halogenated alkanes) is 59. The van der Waals surface area contributed by atoms with Gasteiger partial charge in [0.2, 0.25) is 0 Å². The normalized spacial score (nSPS) is 13.7. The van der Waals surface area contributed by atoms with Gasteiger partial charge >= 0.3 is 39.5 Å². The minimum absolute atomic E-state index is 0.109. The maximum absolute atomic E-state index is 13.1. The number of phosphoric ester groups is 2. The summed E-state index contributed by atoms with van der Waals surface area (Å²) >= 11 is 0. The highest BCUT2D eigenvalue weighted by molar-refractivity contribution is 7.47. The quantitative estimate of drug-likeness (QED) is 0.0222. The minimum atomic E-state index is -4.96. The average Bonchev–Trinajstić information content (AvgIpc) is 0.917. The van der Waals surface area contributed by atoms with Gasteiger partial charge in [0, 0.05) is 25.7 Å². The zero-order valence-corrected chi connectivity index (χ0v) is 69.1. The molecule has 0 aromatic rings. The second-order valence-electron chi connectivity index (χ2n) is 30.2. The second kappa shape index (κ2) is 78.2. The first-order valence-corrected chi connectivity index (χ1v) is 46.8. The lowest BCUT2D eigenvalue weighted by Crippen LogP contribution is -2.30. The molecule has 5 atom stereocenters. The third kappa shape index (κ3) is 78.0. The molecule has 0 aliphatic rings. The average molecular weight is 1510 g/mol. The lowest BCUT2D eigenvalue weighted by Gasteiger charge is -2.21. The minimum Gasteiger partial charge on any atom is -0.462 e. The Balaban J connectivity index is 5.25. The number of hydrogen-bond acceptors (Lipinski definition) is 15. The molecule has 103 heavy (non-hydrogen) atoms. The fraction of sp³-hybridized carbons (Fsp3) is 0.952. The number of aliphatic hydroxyl groups is 1. The molecule has 0 aliphatic carbocycles. The maximum atomic E-state index is 13.1. The van der Waals surface area contributed by atoms with E-state index in [1.165, 1.54) is 289 Å². The van der Waals surface area contributed by atoms with Crippen molar-refractivity contribution in [1.82, 2.24) is 0 Å². The van der Waals surface area contributed by atoms with Crippen LogP contribution in [0.2, 0.25) is 0 Å². The van der Waals surface area contributed by atoms with E-state index in [0.29, 0.717) is 25.7 Å². The van der Waals surface area contributed by atoms with Gasteiger partial charge in [-0.15, -0.1) is 0 Å². The summed E-state index contributed by atoms with van der Waals surface area (Å²) in [5, 5.41) is 10.7. The molecule has 0 bridgehead atoms. The molecule has 0 saturated carbocycles. The van der Waals surface area contributed by atoms with Gasteiger partial charge in [0.15, 0.2) is 12.2 Å². The summed E-state index contributed by atoms with van der Waals surface area (Å²) in [5.41, 5.74) is 0. The number of ether oxygens (including phenoxy) is 4. The topological polar surface area (TPSA) is 237 Å². The highest BCUT2D eigenvalue weighted by Crippen LogP contribution is 2.45. The van der Waals surface area contributed by atoms with Crippen molar-refractivity contribution in [1.29, 1.82) is 0 Å². The van der Waals surface area contributed by atoms with Gasteiger partial charge in [-0.25, -0.2) is 9.13 Å². The number of phosphoric acid groups is 2. The van der Waals surface area contributed by atoms with Crippen LogP contribution in [0.1, 0.15) is 458 Å². The van der Waals surface area contributed by atoms with E-state index in [0.717, 1.165) is 89.9 Å². The van der Waals surface area contributed by atoms with E-state index >= 15 is 0 Å². The van der Waals surface area contributed by atoms with Gasteiger partial charge in [0.1, 0.15) is 19.3 Å². The molecule has 0 fully saturated rings. The van der Waals surface area contributed by atoms with Gasteiger partial charge < -0.3 is 33.8 Å². The SMILES string of the molecule is CCCCCCCCCCCCCCCCCCCCC(=O)OC[C@H](COP(=O)(O)OC[C@@H](O)COP(=O)(O)OC[C@@H](COC(=O)CCCCCCCCCCCCCCC)OC(=O)CCCCCCCCCCCCCCCC)OC(=O)CCCCCCCCCCCCCCCCCCCC. The Kier molecular flexibility index (Phi) is 76.7. The number of esters is 4. The summed E-state index contributed by atoms with van der Waals surface area (Å²) in [6, 6.07) is 0. The second-order valence-corrected chi connectivity index (χ2v) is 33.1. The smallest absolute Gasteiger partial charge is 0.462 e. The zero-order chi connectivity index (χ0) is 75.3. The van der Waals surface area contributed by atoms with Crippen molar-refractivity contribution in [3.63, 3.8) is 0 Å². The van der Waals surface area contributed by atoms with Crippen LogP contribution in [0.5, 0.6) is 0 Å². The molecule has 0 heterocycles. The van der Waals surface area contributed by atoms with Crippen LogP contribution in [-0.2, 0) is 65.4 Å². The number of carbonyl (C=O) groups is 4. The highest BCUT2D eigenvalue weighted by Gasteiger charge is 2.30. The molecular formula is C84H164O17P2. The van der Waals surface area contributed by atoms with Crippen molar-refractivity contribution >= 4 is 39.5 Å². The predicted octanol–water partition coefficient (Wildman–Crippen LogP) is 25.7. The van der Waals surface area contributed by atoms with Gasteiger partial charge in [-0.3, -0.25) is 37.3 Å². The Morgan fingerprint density at radius 3 is 0.573 bits per heavy atom. The summed E-state index contributed by atoms with van der Waals surface area (Å²) in [6.45, 7) is 5.06. The molecular weight excluding hydrogens is 1340 g/mol. The van der Waals surface area contributed by atoms with Crippen molar-refractivity contribution < 1.29 is 80.2 Å². The van der Waals surface area contributed by atoms with Gasteiger partial charge in [-0.05, 0) is 25.7 Å². The van der Waals surface area contributed by atoms with Crippen molar-refractivity contribution in [3.05, 3.63) is 0 Å². The van der Waals surface area contributed by atoms with Gasteiger partial charge in [0.05, 0.1) is 26.4 Å². The molecule has 0 rings (SSSR count). The van der Waals surface area contributed by atoms with Crippen LogP contribution in [0.4, 0.5) is 0 Å². The summed E-state index contributed by atoms with van der Waals surface area (Å²) in [7, 11) is -9.92. The van der Waals surface area contributed by atoms with Crippen molar-refractivity contribution in [2.24, 2.45) is 0 Å². The van der Waals surface area contributed by atoms with E-state index in [1.807, 2.05) is 0 Å². The van der Waals surface area contributed by atoms with E-state index in [1.54, 1.807) is 0 Å². The molecule has 0 radical (unpaired) electrons. The van der Waals surface area contributed by atoms with Crippen LogP contribution in [0.15, 0.2) is 0 Å². The fourth-order valence-corrected chi connectivity index (χ4v) is 14.7. The number of carbonyl (C=O) groups excluding carboxylic acids is 4. The Morgan fingerprint density at radius 1 is 0.233 bits per heavy atom. The lowest BCUT2D eigenvalue weighted by atomic mass is 10.0. The molecule has 0 spiro atoms. The molecule has 0 aromatic carbocycles. The van der Waals surface area contributed by atoms with Crippen LogP contribution in [0.3, 0.4) is 0 Å². The summed E-state index contributed by atoms with van der Waals surface area (Å²) in [5.74, 6) is -2.10. The molecule has 0 aromatic heterocycles. The molecule has 3 N–H and O–H groups in total. The molecule has 17 nitrogen and oxygen atoms in total. The zero-order valence-electron chi connectivity index (χ0n) is 67.3. The van der Waals surface area contributed by atoms with E-state index in [4.69, 9.17) is 37.0 Å². The highest BCUT2D eigenvalue weighted by atomic mass is 31.2. The van der Waals surface area contributed by atoms with Crippen molar-refractivity contribution in [3.8, 4) is 0 Å². The molecule has 0 amide bonds. The summed E-state index contributed by atoms with van der Waals surface area (Å²) in [4.78, 5) is 73.2. The summed E-state index contributed by atoms with van der Waals surface area (Å²) in [6.07, 6.45) is 72.0. The van der Waals surface area contributed by atoms with Crippen molar-refractivity contribution in [2.45, 2.75) is 476 Å². The number of hydrogen-bond donors (Lipinski definition) is 3. The van der Waals surface area contributed by atoms with E-state index in [-0.39, 0.29) is 25.7 Å². The van der Waals surface area contributed by atoms with Gasteiger partial charge in [-0.2, -0.15) is 0 Å². The molecule has 2 unspecified atom stereocenters. The number of aliphatic hydroxyl groups excluding tert-OH is 1. The van der Waals surface area contributed by atoms with Crippen molar-refractivity contribution in [2.75, 3.05) is 39.6 Å². The van der Waals surface area contributed by atoms with Crippen LogP contribution in [0.25, 0.3) is 0 Å². The summed E-state index contributed by atoms with van der Waals surface area (Å²) < 4.78 is 68.9. The third-order valence-electron chi connectivity index (χ3n) is 19.9. The van der Waals surface area contributed by atoms with Gasteiger partial charge in [-0.1, -0.05) is 407 Å². The van der Waals surface area contributed by atoms with Gasteiger partial charge in [0.25, 0.3) is 0 Å². The Labute approximate surface area is 632 Å².